The van der Waals surface area contributed by atoms with Crippen molar-refractivity contribution in [2.75, 3.05) is 14.1 Å². The second-order valence-corrected chi connectivity index (χ2v) is 7.58. The van der Waals surface area contributed by atoms with Gasteiger partial charge in [-0.15, -0.1) is 11.3 Å². The van der Waals surface area contributed by atoms with E-state index in [1.807, 2.05) is 29.6 Å². The van der Waals surface area contributed by atoms with Gasteiger partial charge in [-0.25, -0.2) is 0 Å². The Hall–Kier alpha value is -1.48. The number of benzene rings is 1. The first kappa shape index (κ1) is 15.9. The van der Waals surface area contributed by atoms with Crippen LogP contribution in [0.1, 0.15) is 5.56 Å². The van der Waals surface area contributed by atoms with Crippen molar-refractivity contribution in [2.24, 2.45) is 0 Å². The summed E-state index contributed by atoms with van der Waals surface area (Å²) >= 11 is 1.51. The molecule has 0 aliphatic heterocycles. The molecule has 0 saturated heterocycles. The molecule has 1 heterocycles. The first-order chi connectivity index (χ1) is 9.81. The zero-order valence-electron chi connectivity index (χ0n) is 11.6. The summed E-state index contributed by atoms with van der Waals surface area (Å²) in [6, 6.07) is 6.43. The maximum Gasteiger partial charge on any atom is 0.322 e. The van der Waals surface area contributed by atoms with E-state index < -0.39 is 22.2 Å². The van der Waals surface area contributed by atoms with E-state index in [1.165, 1.54) is 25.4 Å². The maximum absolute atomic E-state index is 11.8. The van der Waals surface area contributed by atoms with Crippen molar-refractivity contribution in [1.29, 1.82) is 0 Å². The lowest BCUT2D eigenvalue weighted by molar-refractivity contribution is -0.138. The number of rotatable bonds is 6. The first-order valence-electron chi connectivity index (χ1n) is 6.19. The van der Waals surface area contributed by atoms with E-state index in [0.29, 0.717) is 0 Å². The Morgan fingerprint density at radius 1 is 1.38 bits per heavy atom. The number of nitrogens with one attached hydrogen (secondary N) is 1. The molecule has 1 aromatic carbocycles. The zero-order valence-corrected chi connectivity index (χ0v) is 13.2. The maximum atomic E-state index is 11.8. The van der Waals surface area contributed by atoms with Crippen LogP contribution >= 0.6 is 11.3 Å². The Bertz CT molecular complexity index is 752. The highest BCUT2D eigenvalue weighted by Crippen LogP contribution is 2.26. The van der Waals surface area contributed by atoms with Gasteiger partial charge in [-0.2, -0.15) is 17.4 Å². The minimum atomic E-state index is -3.79. The van der Waals surface area contributed by atoms with Crippen molar-refractivity contribution in [3.05, 3.63) is 35.2 Å². The van der Waals surface area contributed by atoms with Crippen LogP contribution in [0.25, 0.3) is 10.1 Å². The molecule has 6 nitrogen and oxygen atoms in total. The monoisotopic (exact) mass is 328 g/mol. The molecular weight excluding hydrogens is 312 g/mol. The summed E-state index contributed by atoms with van der Waals surface area (Å²) in [6.45, 7) is 0. The van der Waals surface area contributed by atoms with Crippen LogP contribution < -0.4 is 4.72 Å². The minimum Gasteiger partial charge on any atom is -0.480 e. The molecule has 0 spiro atoms. The SMILES string of the molecule is CN(C)S(=O)(=O)NC(Cc1csc2ccccc12)C(=O)O. The fraction of sp³-hybridized carbons (Fsp3) is 0.308. The van der Waals surface area contributed by atoms with Gasteiger partial charge in [0.2, 0.25) is 0 Å². The van der Waals surface area contributed by atoms with Gasteiger partial charge in [-0.1, -0.05) is 18.2 Å². The predicted octanol–water partition coefficient (Wildman–Crippen LogP) is 1.29. The van der Waals surface area contributed by atoms with E-state index in [0.717, 1.165) is 20.0 Å². The molecule has 0 bridgehead atoms. The Morgan fingerprint density at radius 2 is 2.05 bits per heavy atom. The van der Waals surface area contributed by atoms with Crippen LogP contribution in [-0.4, -0.2) is 43.9 Å². The molecule has 0 radical (unpaired) electrons. The Morgan fingerprint density at radius 3 is 2.67 bits per heavy atom. The van der Waals surface area contributed by atoms with Gasteiger partial charge in [0.15, 0.2) is 0 Å². The van der Waals surface area contributed by atoms with Crippen molar-refractivity contribution < 1.29 is 18.3 Å². The third-order valence-corrected chi connectivity index (χ3v) is 5.61. The summed E-state index contributed by atoms with van der Waals surface area (Å²) in [5, 5.41) is 12.1. The van der Waals surface area contributed by atoms with Gasteiger partial charge in [0, 0.05) is 25.2 Å². The van der Waals surface area contributed by atoms with Crippen molar-refractivity contribution in [3.63, 3.8) is 0 Å². The third kappa shape index (κ3) is 3.59. The topological polar surface area (TPSA) is 86.7 Å². The molecule has 0 amide bonds. The fourth-order valence-corrected chi connectivity index (χ4v) is 3.61. The molecule has 0 saturated carbocycles. The number of hydrogen-bond donors (Lipinski definition) is 2. The molecule has 0 fully saturated rings. The molecular formula is C13H16N2O4S2. The largest absolute Gasteiger partial charge is 0.480 e. The van der Waals surface area contributed by atoms with Crippen LogP contribution in [0.3, 0.4) is 0 Å². The molecule has 1 unspecified atom stereocenters. The second kappa shape index (κ2) is 6.10. The van der Waals surface area contributed by atoms with Crippen LogP contribution in [0.15, 0.2) is 29.6 Å². The van der Waals surface area contributed by atoms with Gasteiger partial charge in [-0.05, 0) is 22.4 Å². The Labute approximate surface area is 127 Å². The molecule has 1 aromatic heterocycles. The molecule has 2 N–H and O–H groups in total. The summed E-state index contributed by atoms with van der Waals surface area (Å²) < 4.78 is 27.8. The lowest BCUT2D eigenvalue weighted by atomic mass is 10.1. The molecule has 0 aliphatic carbocycles. The number of carbonyl (C=O) groups is 1. The van der Waals surface area contributed by atoms with Crippen LogP contribution in [0.2, 0.25) is 0 Å². The summed E-state index contributed by atoms with van der Waals surface area (Å²) in [4.78, 5) is 11.3. The molecule has 0 aliphatic rings. The molecule has 21 heavy (non-hydrogen) atoms. The van der Waals surface area contributed by atoms with Gasteiger partial charge in [0.25, 0.3) is 10.2 Å². The number of carboxylic acid groups (broad SMARTS) is 1. The normalized spacial score (nSPS) is 13.7. The third-order valence-electron chi connectivity index (χ3n) is 3.06. The van der Waals surface area contributed by atoms with Gasteiger partial charge < -0.3 is 5.11 Å². The molecule has 114 valence electrons. The fourth-order valence-electron chi connectivity index (χ4n) is 1.88. The van der Waals surface area contributed by atoms with E-state index in [2.05, 4.69) is 4.72 Å². The standard InChI is InChI=1S/C13H16N2O4S2/c1-15(2)21(18,19)14-11(13(16)17)7-9-8-20-12-6-4-3-5-10(9)12/h3-6,8,11,14H,7H2,1-2H3,(H,16,17). The lowest BCUT2D eigenvalue weighted by Gasteiger charge is -2.18. The quantitative estimate of drug-likeness (QED) is 0.836. The van der Waals surface area contributed by atoms with Crippen LogP contribution in [0.4, 0.5) is 0 Å². The number of nitrogens with zero attached hydrogens (tertiary/aromatic N) is 1. The first-order valence-corrected chi connectivity index (χ1v) is 8.51. The van der Waals surface area contributed by atoms with E-state index in [-0.39, 0.29) is 6.42 Å². The Kier molecular flexibility index (Phi) is 4.62. The summed E-state index contributed by atoms with van der Waals surface area (Å²) in [7, 11) is -1.10. The molecule has 2 rings (SSSR count). The number of fused-ring (bicyclic) bond motifs is 1. The number of aliphatic carboxylic acids is 1. The van der Waals surface area contributed by atoms with Crippen molar-refractivity contribution in [2.45, 2.75) is 12.5 Å². The smallest absolute Gasteiger partial charge is 0.322 e. The van der Waals surface area contributed by atoms with Gasteiger partial charge in [0.1, 0.15) is 6.04 Å². The summed E-state index contributed by atoms with van der Waals surface area (Å²) in [6.07, 6.45) is 0.104. The van der Waals surface area contributed by atoms with Crippen LogP contribution in [0, 0.1) is 0 Å². The average molecular weight is 328 g/mol. The molecule has 2 aromatic rings. The number of carboxylic acids is 1. The minimum absolute atomic E-state index is 0.104. The van der Waals surface area contributed by atoms with E-state index in [4.69, 9.17) is 0 Å². The van der Waals surface area contributed by atoms with Crippen molar-refractivity contribution in [1.82, 2.24) is 9.03 Å². The zero-order chi connectivity index (χ0) is 15.6. The van der Waals surface area contributed by atoms with Crippen molar-refractivity contribution >= 4 is 37.6 Å². The highest BCUT2D eigenvalue weighted by molar-refractivity contribution is 7.87. The average Bonchev–Trinajstić information content (AvgIpc) is 2.81. The summed E-state index contributed by atoms with van der Waals surface area (Å²) in [5.74, 6) is -1.20. The lowest BCUT2D eigenvalue weighted by Crippen LogP contribution is -2.46. The van der Waals surface area contributed by atoms with Gasteiger partial charge in [0.05, 0.1) is 0 Å². The highest BCUT2D eigenvalue weighted by Gasteiger charge is 2.26. The van der Waals surface area contributed by atoms with E-state index in [1.54, 1.807) is 0 Å². The predicted molar refractivity (Wildman–Crippen MR) is 82.7 cm³/mol. The van der Waals surface area contributed by atoms with Gasteiger partial charge in [-0.3, -0.25) is 4.79 Å². The second-order valence-electron chi connectivity index (χ2n) is 4.76. The molecule has 1 atom stereocenters. The Balaban J connectivity index is 2.27. The molecule has 8 heteroatoms. The van der Waals surface area contributed by atoms with E-state index >= 15 is 0 Å². The van der Waals surface area contributed by atoms with E-state index in [9.17, 15) is 18.3 Å². The van der Waals surface area contributed by atoms with Crippen LogP contribution in [0.5, 0.6) is 0 Å². The van der Waals surface area contributed by atoms with Crippen LogP contribution in [-0.2, 0) is 21.4 Å². The number of thiophene rings is 1. The van der Waals surface area contributed by atoms with Gasteiger partial charge >= 0.3 is 5.97 Å². The summed E-state index contributed by atoms with van der Waals surface area (Å²) in [5.41, 5.74) is 0.824. The highest BCUT2D eigenvalue weighted by atomic mass is 32.2. The number of hydrogen-bond acceptors (Lipinski definition) is 4. The van der Waals surface area contributed by atoms with Crippen molar-refractivity contribution in [3.8, 4) is 0 Å².